The highest BCUT2D eigenvalue weighted by molar-refractivity contribution is 5.59. The molecule has 0 amide bonds. The van der Waals surface area contributed by atoms with Gasteiger partial charge < -0.3 is 10.6 Å². The van der Waals surface area contributed by atoms with Crippen molar-refractivity contribution in [3.63, 3.8) is 0 Å². The van der Waals surface area contributed by atoms with E-state index in [9.17, 15) is 0 Å². The van der Waals surface area contributed by atoms with E-state index in [1.165, 1.54) is 11.1 Å². The minimum Gasteiger partial charge on any atom is -0.370 e. The fraction of sp³-hybridized carbons (Fsp3) is 0.375. The average molecular weight is 270 g/mol. The topological polar surface area (TPSA) is 49.8 Å². The van der Waals surface area contributed by atoms with E-state index < -0.39 is 0 Å². The predicted molar refractivity (Wildman–Crippen MR) is 84.6 cm³/mol. The van der Waals surface area contributed by atoms with E-state index in [-0.39, 0.29) is 0 Å². The van der Waals surface area contributed by atoms with Gasteiger partial charge in [-0.05, 0) is 37.5 Å². The van der Waals surface area contributed by atoms with Gasteiger partial charge in [0.25, 0.3) is 0 Å². The van der Waals surface area contributed by atoms with Crippen LogP contribution in [0.2, 0.25) is 0 Å². The van der Waals surface area contributed by atoms with E-state index in [4.69, 9.17) is 0 Å². The molecule has 2 rings (SSSR count). The van der Waals surface area contributed by atoms with Crippen LogP contribution in [0, 0.1) is 19.8 Å². The maximum Gasteiger partial charge on any atom is 0.229 e. The highest BCUT2D eigenvalue weighted by Crippen LogP contribution is 2.19. The summed E-state index contributed by atoms with van der Waals surface area (Å²) in [5, 5.41) is 6.57. The normalized spacial score (nSPS) is 10.7. The number of aromatic nitrogens is 2. The molecule has 0 aliphatic carbocycles. The summed E-state index contributed by atoms with van der Waals surface area (Å²) in [5.41, 5.74) is 3.48. The Bertz CT molecular complexity index is 578. The van der Waals surface area contributed by atoms with Gasteiger partial charge in [-0.15, -0.1) is 0 Å². The lowest BCUT2D eigenvalue weighted by Gasteiger charge is -2.11. The van der Waals surface area contributed by atoms with Crippen LogP contribution >= 0.6 is 0 Å². The van der Waals surface area contributed by atoms with Gasteiger partial charge in [-0.1, -0.05) is 31.5 Å². The SMILES string of the molecule is Cc1ccc(Nc2nccc(NCC(C)C)n2)c(C)c1. The zero-order chi connectivity index (χ0) is 14.5. The lowest BCUT2D eigenvalue weighted by Crippen LogP contribution is -2.10. The number of nitrogens with one attached hydrogen (secondary N) is 2. The van der Waals surface area contributed by atoms with Crippen molar-refractivity contribution in [2.75, 3.05) is 17.2 Å². The summed E-state index contributed by atoms with van der Waals surface area (Å²) >= 11 is 0. The summed E-state index contributed by atoms with van der Waals surface area (Å²) < 4.78 is 0. The number of benzene rings is 1. The third-order valence-corrected chi connectivity index (χ3v) is 2.98. The van der Waals surface area contributed by atoms with Crippen molar-refractivity contribution < 1.29 is 0 Å². The fourth-order valence-electron chi connectivity index (χ4n) is 1.90. The van der Waals surface area contributed by atoms with Crippen LogP contribution in [0.15, 0.2) is 30.5 Å². The third-order valence-electron chi connectivity index (χ3n) is 2.98. The van der Waals surface area contributed by atoms with Gasteiger partial charge in [0, 0.05) is 18.4 Å². The quantitative estimate of drug-likeness (QED) is 0.865. The van der Waals surface area contributed by atoms with Crippen LogP contribution in [-0.4, -0.2) is 16.5 Å². The van der Waals surface area contributed by atoms with Gasteiger partial charge in [0.1, 0.15) is 5.82 Å². The number of nitrogens with zero attached hydrogens (tertiary/aromatic N) is 2. The van der Waals surface area contributed by atoms with Crippen LogP contribution in [0.25, 0.3) is 0 Å². The summed E-state index contributed by atoms with van der Waals surface area (Å²) in [4.78, 5) is 8.73. The monoisotopic (exact) mass is 270 g/mol. The zero-order valence-electron chi connectivity index (χ0n) is 12.6. The fourth-order valence-corrected chi connectivity index (χ4v) is 1.90. The van der Waals surface area contributed by atoms with E-state index in [2.05, 4.69) is 66.5 Å². The van der Waals surface area contributed by atoms with Gasteiger partial charge >= 0.3 is 0 Å². The molecule has 0 aliphatic rings. The molecule has 0 saturated carbocycles. The van der Waals surface area contributed by atoms with Crippen LogP contribution in [-0.2, 0) is 0 Å². The zero-order valence-corrected chi connectivity index (χ0v) is 12.6. The van der Waals surface area contributed by atoms with E-state index in [0.717, 1.165) is 18.1 Å². The van der Waals surface area contributed by atoms with Crippen molar-refractivity contribution in [3.8, 4) is 0 Å². The van der Waals surface area contributed by atoms with Gasteiger partial charge in [0.15, 0.2) is 0 Å². The molecule has 0 unspecified atom stereocenters. The summed E-state index contributed by atoms with van der Waals surface area (Å²) in [6.45, 7) is 9.41. The molecule has 2 aromatic rings. The average Bonchev–Trinajstić information content (AvgIpc) is 2.40. The van der Waals surface area contributed by atoms with Crippen molar-refractivity contribution in [2.45, 2.75) is 27.7 Å². The largest absolute Gasteiger partial charge is 0.370 e. The molecule has 0 fully saturated rings. The van der Waals surface area contributed by atoms with Gasteiger partial charge in [-0.25, -0.2) is 4.98 Å². The first-order valence-corrected chi connectivity index (χ1v) is 6.96. The molecule has 2 N–H and O–H groups in total. The molecule has 0 aliphatic heterocycles. The van der Waals surface area contributed by atoms with E-state index in [0.29, 0.717) is 11.9 Å². The number of hydrogen-bond acceptors (Lipinski definition) is 4. The molecule has 0 spiro atoms. The maximum absolute atomic E-state index is 4.47. The van der Waals surface area contributed by atoms with Gasteiger partial charge in [0.2, 0.25) is 5.95 Å². The second-order valence-corrected chi connectivity index (χ2v) is 5.48. The minimum absolute atomic E-state index is 0.584. The van der Waals surface area contributed by atoms with Crippen molar-refractivity contribution in [1.29, 1.82) is 0 Å². The smallest absolute Gasteiger partial charge is 0.229 e. The number of hydrogen-bond donors (Lipinski definition) is 2. The van der Waals surface area contributed by atoms with Gasteiger partial charge in [-0.3, -0.25) is 0 Å². The van der Waals surface area contributed by atoms with E-state index in [1.54, 1.807) is 6.20 Å². The molecule has 1 heterocycles. The van der Waals surface area contributed by atoms with Gasteiger partial charge in [0.05, 0.1) is 0 Å². The van der Waals surface area contributed by atoms with E-state index in [1.807, 2.05) is 6.07 Å². The molecule has 4 nitrogen and oxygen atoms in total. The second kappa shape index (κ2) is 6.37. The Morgan fingerprint density at radius 3 is 2.65 bits per heavy atom. The molecule has 1 aromatic heterocycles. The lowest BCUT2D eigenvalue weighted by atomic mass is 10.1. The molecular formula is C16H22N4. The summed E-state index contributed by atoms with van der Waals surface area (Å²) in [7, 11) is 0. The summed E-state index contributed by atoms with van der Waals surface area (Å²) in [5.74, 6) is 2.05. The molecule has 0 bridgehead atoms. The first-order valence-electron chi connectivity index (χ1n) is 6.96. The number of rotatable bonds is 5. The van der Waals surface area contributed by atoms with Crippen molar-refractivity contribution in [3.05, 3.63) is 41.6 Å². The van der Waals surface area contributed by atoms with E-state index >= 15 is 0 Å². The predicted octanol–water partition coefficient (Wildman–Crippen LogP) is 3.90. The minimum atomic E-state index is 0.584. The van der Waals surface area contributed by atoms with Crippen molar-refractivity contribution >= 4 is 17.5 Å². The Morgan fingerprint density at radius 1 is 1.15 bits per heavy atom. The summed E-state index contributed by atoms with van der Waals surface area (Å²) in [6, 6.07) is 8.16. The molecule has 4 heteroatoms. The lowest BCUT2D eigenvalue weighted by molar-refractivity contribution is 0.687. The highest BCUT2D eigenvalue weighted by atomic mass is 15.1. The molecule has 1 aromatic carbocycles. The molecule has 0 saturated heterocycles. The molecule has 0 radical (unpaired) electrons. The second-order valence-electron chi connectivity index (χ2n) is 5.48. The number of aryl methyl sites for hydroxylation is 2. The standard InChI is InChI=1S/C16H22N4/c1-11(2)10-18-15-7-8-17-16(20-15)19-14-6-5-12(3)9-13(14)4/h5-9,11H,10H2,1-4H3,(H2,17,18,19,20). The molecular weight excluding hydrogens is 248 g/mol. The van der Waals surface area contributed by atoms with Crippen LogP contribution in [0.4, 0.5) is 17.5 Å². The molecule has 20 heavy (non-hydrogen) atoms. The highest BCUT2D eigenvalue weighted by Gasteiger charge is 2.03. The van der Waals surface area contributed by atoms with Crippen LogP contribution in [0.1, 0.15) is 25.0 Å². The third kappa shape index (κ3) is 3.95. The summed E-state index contributed by atoms with van der Waals surface area (Å²) in [6.07, 6.45) is 1.77. The Hall–Kier alpha value is -2.10. The first kappa shape index (κ1) is 14.3. The Kier molecular flexibility index (Phi) is 4.56. The van der Waals surface area contributed by atoms with Crippen molar-refractivity contribution in [1.82, 2.24) is 9.97 Å². The van der Waals surface area contributed by atoms with Crippen LogP contribution in [0.3, 0.4) is 0 Å². The molecule has 0 atom stereocenters. The maximum atomic E-state index is 4.47. The van der Waals surface area contributed by atoms with Crippen LogP contribution < -0.4 is 10.6 Å². The Balaban J connectivity index is 2.11. The van der Waals surface area contributed by atoms with Crippen LogP contribution in [0.5, 0.6) is 0 Å². The first-order chi connectivity index (χ1) is 9.54. The number of anilines is 3. The molecule has 106 valence electrons. The van der Waals surface area contributed by atoms with Gasteiger partial charge in [-0.2, -0.15) is 4.98 Å². The Labute approximate surface area is 120 Å². The Morgan fingerprint density at radius 2 is 1.95 bits per heavy atom. The van der Waals surface area contributed by atoms with Crippen molar-refractivity contribution in [2.24, 2.45) is 5.92 Å².